The molecule has 0 saturated heterocycles. The van der Waals surface area contributed by atoms with Crippen LogP contribution in [-0.4, -0.2) is 29.2 Å². The van der Waals surface area contributed by atoms with Gasteiger partial charge in [0.25, 0.3) is 11.6 Å². The van der Waals surface area contributed by atoms with Crippen molar-refractivity contribution < 1.29 is 24.0 Å². The number of ketones is 1. The maximum atomic E-state index is 12.8. The SMILES string of the molecule is O=C(COC(=O)/C=C/c1cccc([N+](=O)[O-])c1)Nc1ccc(Cl)cc1C(=O)c1ccccc1. The highest BCUT2D eigenvalue weighted by molar-refractivity contribution is 6.31. The first-order valence-corrected chi connectivity index (χ1v) is 10.00. The Hall–Kier alpha value is -4.30. The topological polar surface area (TPSA) is 116 Å². The first-order valence-electron chi connectivity index (χ1n) is 9.62. The summed E-state index contributed by atoms with van der Waals surface area (Å²) in [6, 6.07) is 18.6. The number of hydrogen-bond acceptors (Lipinski definition) is 6. The zero-order valence-corrected chi connectivity index (χ0v) is 17.8. The van der Waals surface area contributed by atoms with Crippen LogP contribution in [-0.2, 0) is 14.3 Å². The zero-order chi connectivity index (χ0) is 23.8. The van der Waals surface area contributed by atoms with Crippen molar-refractivity contribution in [1.29, 1.82) is 0 Å². The molecule has 0 aromatic heterocycles. The number of anilines is 1. The smallest absolute Gasteiger partial charge is 0.331 e. The van der Waals surface area contributed by atoms with Crippen LogP contribution in [0.4, 0.5) is 11.4 Å². The van der Waals surface area contributed by atoms with Crippen LogP contribution in [0.2, 0.25) is 5.02 Å². The summed E-state index contributed by atoms with van der Waals surface area (Å²) in [4.78, 5) is 47.2. The fourth-order valence-corrected chi connectivity index (χ4v) is 3.01. The molecule has 0 radical (unpaired) electrons. The molecule has 166 valence electrons. The Morgan fingerprint density at radius 3 is 2.48 bits per heavy atom. The second kappa shape index (κ2) is 10.8. The number of esters is 1. The van der Waals surface area contributed by atoms with Crippen molar-refractivity contribution in [1.82, 2.24) is 0 Å². The first-order chi connectivity index (χ1) is 15.8. The summed E-state index contributed by atoms with van der Waals surface area (Å²) < 4.78 is 4.90. The summed E-state index contributed by atoms with van der Waals surface area (Å²) in [5.74, 6) is -1.80. The molecule has 0 aliphatic carbocycles. The monoisotopic (exact) mass is 464 g/mol. The van der Waals surface area contributed by atoms with Crippen LogP contribution in [0.5, 0.6) is 0 Å². The molecule has 0 saturated carbocycles. The minimum absolute atomic E-state index is 0.117. The highest BCUT2D eigenvalue weighted by atomic mass is 35.5. The van der Waals surface area contributed by atoms with Crippen LogP contribution in [0.15, 0.2) is 78.9 Å². The van der Waals surface area contributed by atoms with Gasteiger partial charge in [-0.1, -0.05) is 54.1 Å². The van der Waals surface area contributed by atoms with E-state index in [1.807, 2.05) is 0 Å². The number of carbonyl (C=O) groups excluding carboxylic acids is 3. The van der Waals surface area contributed by atoms with Gasteiger partial charge in [0, 0.05) is 34.4 Å². The van der Waals surface area contributed by atoms with Crippen molar-refractivity contribution in [3.63, 3.8) is 0 Å². The Morgan fingerprint density at radius 1 is 1.00 bits per heavy atom. The molecule has 0 fully saturated rings. The van der Waals surface area contributed by atoms with Gasteiger partial charge in [-0.2, -0.15) is 0 Å². The van der Waals surface area contributed by atoms with Crippen LogP contribution < -0.4 is 5.32 Å². The number of carbonyl (C=O) groups is 3. The van der Waals surface area contributed by atoms with Crippen LogP contribution in [0, 0.1) is 10.1 Å². The van der Waals surface area contributed by atoms with Gasteiger partial charge >= 0.3 is 5.97 Å². The van der Waals surface area contributed by atoms with Crippen molar-refractivity contribution in [3.05, 3.63) is 111 Å². The Morgan fingerprint density at radius 2 is 1.76 bits per heavy atom. The van der Waals surface area contributed by atoms with E-state index in [1.54, 1.807) is 36.4 Å². The lowest BCUT2D eigenvalue weighted by molar-refractivity contribution is -0.384. The maximum absolute atomic E-state index is 12.8. The van der Waals surface area contributed by atoms with Gasteiger partial charge in [0.05, 0.1) is 10.6 Å². The molecule has 3 aromatic rings. The third-order valence-electron chi connectivity index (χ3n) is 4.37. The van der Waals surface area contributed by atoms with Crippen LogP contribution in [0.25, 0.3) is 6.08 Å². The number of non-ortho nitro benzene ring substituents is 1. The summed E-state index contributed by atoms with van der Waals surface area (Å²) in [5, 5.41) is 13.7. The largest absolute Gasteiger partial charge is 0.452 e. The number of nitro groups is 1. The molecule has 3 aromatic carbocycles. The molecule has 3 rings (SSSR count). The van der Waals surface area contributed by atoms with Gasteiger partial charge in [-0.05, 0) is 29.8 Å². The molecule has 1 N–H and O–H groups in total. The second-order valence-corrected chi connectivity index (χ2v) is 7.16. The Bertz CT molecular complexity index is 1240. The van der Waals surface area contributed by atoms with E-state index < -0.39 is 23.4 Å². The summed E-state index contributed by atoms with van der Waals surface area (Å²) >= 11 is 6.02. The molecule has 33 heavy (non-hydrogen) atoms. The molecule has 0 atom stereocenters. The fourth-order valence-electron chi connectivity index (χ4n) is 2.84. The number of amides is 1. The molecular weight excluding hydrogens is 448 g/mol. The van der Waals surface area contributed by atoms with Gasteiger partial charge in [-0.3, -0.25) is 19.7 Å². The van der Waals surface area contributed by atoms with E-state index in [0.717, 1.165) is 6.08 Å². The Balaban J connectivity index is 1.62. The number of halogens is 1. The van der Waals surface area contributed by atoms with Gasteiger partial charge in [-0.15, -0.1) is 0 Å². The van der Waals surface area contributed by atoms with Crippen molar-refractivity contribution in [2.24, 2.45) is 0 Å². The van der Waals surface area contributed by atoms with E-state index in [9.17, 15) is 24.5 Å². The van der Waals surface area contributed by atoms with Crippen molar-refractivity contribution >= 4 is 46.7 Å². The molecular formula is C24H17ClN2O6. The number of rotatable bonds is 8. The third-order valence-corrected chi connectivity index (χ3v) is 4.61. The second-order valence-electron chi connectivity index (χ2n) is 6.73. The lowest BCUT2D eigenvalue weighted by atomic mass is 10.0. The van der Waals surface area contributed by atoms with E-state index in [4.69, 9.17) is 16.3 Å². The number of hydrogen-bond donors (Lipinski definition) is 1. The van der Waals surface area contributed by atoms with Gasteiger partial charge < -0.3 is 10.1 Å². The normalized spacial score (nSPS) is 10.6. The first kappa shape index (κ1) is 23.4. The zero-order valence-electron chi connectivity index (χ0n) is 17.1. The summed E-state index contributed by atoms with van der Waals surface area (Å²) in [7, 11) is 0. The number of nitrogens with zero attached hydrogens (tertiary/aromatic N) is 1. The third kappa shape index (κ3) is 6.59. The highest BCUT2D eigenvalue weighted by Crippen LogP contribution is 2.24. The predicted molar refractivity (Wildman–Crippen MR) is 123 cm³/mol. The van der Waals surface area contributed by atoms with Gasteiger partial charge in [0.1, 0.15) is 0 Å². The minimum Gasteiger partial charge on any atom is -0.452 e. The molecule has 0 unspecified atom stereocenters. The van der Waals surface area contributed by atoms with E-state index in [2.05, 4.69) is 5.32 Å². The van der Waals surface area contributed by atoms with Crippen LogP contribution in [0.3, 0.4) is 0 Å². The number of nitro benzene ring substituents is 1. The highest BCUT2D eigenvalue weighted by Gasteiger charge is 2.16. The van der Waals surface area contributed by atoms with E-state index >= 15 is 0 Å². The average molecular weight is 465 g/mol. The molecule has 0 bridgehead atoms. The molecule has 0 spiro atoms. The molecule has 0 aliphatic rings. The summed E-state index contributed by atoms with van der Waals surface area (Å²) in [6.07, 6.45) is 2.39. The lowest BCUT2D eigenvalue weighted by Gasteiger charge is -2.11. The maximum Gasteiger partial charge on any atom is 0.331 e. The van der Waals surface area contributed by atoms with Crippen molar-refractivity contribution in [2.75, 3.05) is 11.9 Å². The Kier molecular flexibility index (Phi) is 7.67. The minimum atomic E-state index is -0.812. The molecule has 1 amide bonds. The predicted octanol–water partition coefficient (Wildman–Crippen LogP) is 4.67. The number of nitrogens with one attached hydrogen (secondary N) is 1. The van der Waals surface area contributed by atoms with Gasteiger partial charge in [0.15, 0.2) is 12.4 Å². The summed E-state index contributed by atoms with van der Waals surface area (Å²) in [5.41, 5.74) is 1.15. The molecule has 8 nitrogen and oxygen atoms in total. The Labute approximate surface area is 193 Å². The summed E-state index contributed by atoms with van der Waals surface area (Å²) in [6.45, 7) is -0.598. The van der Waals surface area contributed by atoms with Gasteiger partial charge in [0.2, 0.25) is 0 Å². The molecule has 0 heterocycles. The lowest BCUT2D eigenvalue weighted by Crippen LogP contribution is -2.21. The van der Waals surface area contributed by atoms with Crippen molar-refractivity contribution in [2.45, 2.75) is 0 Å². The molecule has 0 aliphatic heterocycles. The van der Waals surface area contributed by atoms with Crippen LogP contribution in [0.1, 0.15) is 21.5 Å². The number of benzene rings is 3. The number of ether oxygens (including phenoxy) is 1. The average Bonchev–Trinajstić information content (AvgIpc) is 2.82. The van der Waals surface area contributed by atoms with Crippen molar-refractivity contribution in [3.8, 4) is 0 Å². The van der Waals surface area contributed by atoms with Gasteiger partial charge in [-0.25, -0.2) is 4.79 Å². The van der Waals surface area contributed by atoms with E-state index in [1.165, 1.54) is 42.5 Å². The molecule has 9 heteroatoms. The standard InChI is InChI=1S/C24H17ClN2O6/c25-18-10-11-21(20(14-18)24(30)17-6-2-1-3-7-17)26-22(28)15-33-23(29)12-9-16-5-4-8-19(13-16)27(31)32/h1-14H,15H2,(H,26,28)/b12-9+. The quantitative estimate of drug-likeness (QED) is 0.170. The van der Waals surface area contributed by atoms with Crippen LogP contribution >= 0.6 is 11.6 Å². The van der Waals surface area contributed by atoms with E-state index in [0.29, 0.717) is 16.1 Å². The van der Waals surface area contributed by atoms with E-state index in [-0.39, 0.29) is 22.7 Å². The fraction of sp³-hybridized carbons (Fsp3) is 0.0417.